The van der Waals surface area contributed by atoms with Gasteiger partial charge in [-0.15, -0.1) is 0 Å². The van der Waals surface area contributed by atoms with Gasteiger partial charge >= 0.3 is 0 Å². The van der Waals surface area contributed by atoms with Crippen LogP contribution < -0.4 is 4.90 Å². The normalized spacial score (nSPS) is 22.5. The van der Waals surface area contributed by atoms with Gasteiger partial charge in [0.2, 0.25) is 15.9 Å². The Morgan fingerprint density at radius 1 is 1.17 bits per heavy atom. The number of carbonyl (C=O) groups excluding carboxylic acids is 1. The quantitative estimate of drug-likeness (QED) is 0.628. The van der Waals surface area contributed by atoms with Crippen LogP contribution in [0.15, 0.2) is 51.8 Å². The zero-order chi connectivity index (χ0) is 20.8. The fourth-order valence-electron chi connectivity index (χ4n) is 4.25. The van der Waals surface area contributed by atoms with Gasteiger partial charge in [-0.1, -0.05) is 27.5 Å². The first kappa shape index (κ1) is 20.8. The Balaban J connectivity index is 1.56. The van der Waals surface area contributed by atoms with Crippen molar-refractivity contribution in [3.63, 3.8) is 0 Å². The van der Waals surface area contributed by atoms with Crippen molar-refractivity contribution in [3.05, 3.63) is 57.5 Å². The molecule has 4 rings (SSSR count). The second-order valence-corrected chi connectivity index (χ2v) is 11.0. The number of halogens is 2. The van der Waals surface area contributed by atoms with Gasteiger partial charge in [-0.05, 0) is 74.2 Å². The third kappa shape index (κ3) is 3.98. The van der Waals surface area contributed by atoms with Crippen LogP contribution in [0, 0.1) is 5.92 Å². The lowest BCUT2D eigenvalue weighted by atomic mass is 9.97. The fraction of sp³-hybridized carbons (Fsp3) is 0.381. The van der Waals surface area contributed by atoms with Crippen LogP contribution in [0.25, 0.3) is 0 Å². The molecule has 0 spiro atoms. The summed E-state index contributed by atoms with van der Waals surface area (Å²) < 4.78 is 28.5. The number of piperidine rings is 1. The van der Waals surface area contributed by atoms with E-state index in [9.17, 15) is 13.2 Å². The molecule has 2 aromatic rings. The molecule has 154 valence electrons. The van der Waals surface area contributed by atoms with Crippen LogP contribution in [0.5, 0.6) is 0 Å². The molecule has 5 nitrogen and oxygen atoms in total. The number of sulfonamides is 1. The van der Waals surface area contributed by atoms with Crippen LogP contribution >= 0.6 is 27.5 Å². The summed E-state index contributed by atoms with van der Waals surface area (Å²) in [5.74, 6) is -0.336. The second-order valence-electron chi connectivity index (χ2n) is 7.69. The molecule has 1 saturated heterocycles. The Hall–Kier alpha value is -1.41. The van der Waals surface area contributed by atoms with E-state index >= 15 is 0 Å². The second kappa shape index (κ2) is 8.02. The zero-order valence-corrected chi connectivity index (χ0v) is 19.2. The van der Waals surface area contributed by atoms with E-state index in [1.54, 1.807) is 12.1 Å². The predicted octanol–water partition coefficient (Wildman–Crippen LogP) is 4.48. The molecule has 8 heteroatoms. The van der Waals surface area contributed by atoms with Crippen LogP contribution in [0.2, 0.25) is 5.02 Å². The van der Waals surface area contributed by atoms with Crippen LogP contribution in [-0.2, 0) is 21.2 Å². The summed E-state index contributed by atoms with van der Waals surface area (Å²) in [5.41, 5.74) is 2.07. The molecule has 0 radical (unpaired) electrons. The number of anilines is 1. The lowest BCUT2D eigenvalue weighted by Crippen LogP contribution is -2.48. The van der Waals surface area contributed by atoms with Crippen molar-refractivity contribution in [2.24, 2.45) is 5.92 Å². The summed E-state index contributed by atoms with van der Waals surface area (Å²) in [5, 5.41) is 0.490. The van der Waals surface area contributed by atoms with Gasteiger partial charge in [0, 0.05) is 34.3 Å². The summed E-state index contributed by atoms with van der Waals surface area (Å²) in [6.45, 7) is 2.67. The highest BCUT2D eigenvalue weighted by Gasteiger charge is 2.39. The van der Waals surface area contributed by atoms with Crippen molar-refractivity contribution in [2.45, 2.75) is 37.1 Å². The van der Waals surface area contributed by atoms with E-state index in [1.165, 1.54) is 16.4 Å². The Morgan fingerprint density at radius 2 is 1.90 bits per heavy atom. The fourth-order valence-corrected chi connectivity index (χ4v) is 6.31. The van der Waals surface area contributed by atoms with Gasteiger partial charge < -0.3 is 4.90 Å². The Morgan fingerprint density at radius 3 is 2.62 bits per heavy atom. The zero-order valence-electron chi connectivity index (χ0n) is 16.0. The highest BCUT2D eigenvalue weighted by atomic mass is 79.9. The highest BCUT2D eigenvalue weighted by Crippen LogP contribution is 2.36. The van der Waals surface area contributed by atoms with Gasteiger partial charge in [-0.3, -0.25) is 4.79 Å². The molecule has 0 aromatic heterocycles. The smallest absolute Gasteiger partial charge is 0.243 e. The Kier molecular flexibility index (Phi) is 5.77. The van der Waals surface area contributed by atoms with Gasteiger partial charge in [-0.2, -0.15) is 4.31 Å². The van der Waals surface area contributed by atoms with Gasteiger partial charge in [0.15, 0.2) is 0 Å². The molecule has 0 saturated carbocycles. The Labute approximate surface area is 184 Å². The molecule has 1 amide bonds. The number of nitrogens with zero attached hydrogens (tertiary/aromatic N) is 2. The minimum absolute atomic E-state index is 0.00887. The lowest BCUT2D eigenvalue weighted by molar-refractivity contribution is -0.123. The topological polar surface area (TPSA) is 57.7 Å². The number of hydrogen-bond donors (Lipinski definition) is 0. The molecule has 0 aliphatic carbocycles. The van der Waals surface area contributed by atoms with Crippen molar-refractivity contribution in [2.75, 3.05) is 18.0 Å². The van der Waals surface area contributed by atoms with E-state index < -0.39 is 10.0 Å². The van der Waals surface area contributed by atoms with Crippen molar-refractivity contribution < 1.29 is 13.2 Å². The van der Waals surface area contributed by atoms with E-state index in [1.807, 2.05) is 24.0 Å². The molecule has 2 aromatic carbocycles. The van der Waals surface area contributed by atoms with Crippen molar-refractivity contribution >= 4 is 49.1 Å². The third-order valence-electron chi connectivity index (χ3n) is 5.68. The third-order valence-corrected chi connectivity index (χ3v) is 8.30. The molecular weight excluding hydrogens is 476 g/mol. The summed E-state index contributed by atoms with van der Waals surface area (Å²) >= 11 is 9.38. The number of amides is 1. The van der Waals surface area contributed by atoms with E-state index in [2.05, 4.69) is 22.0 Å². The van der Waals surface area contributed by atoms with E-state index in [0.29, 0.717) is 24.4 Å². The summed E-state index contributed by atoms with van der Waals surface area (Å²) in [4.78, 5) is 15.4. The molecular formula is C21H22BrClN2O3S. The van der Waals surface area contributed by atoms with Crippen LogP contribution in [0.1, 0.15) is 25.3 Å². The molecule has 0 bridgehead atoms. The van der Waals surface area contributed by atoms with Crippen molar-refractivity contribution in [1.29, 1.82) is 0 Å². The number of hydrogen-bond acceptors (Lipinski definition) is 3. The van der Waals surface area contributed by atoms with Gasteiger partial charge in [0.05, 0.1) is 10.8 Å². The Bertz CT molecular complexity index is 1040. The molecule has 29 heavy (non-hydrogen) atoms. The average molecular weight is 498 g/mol. The summed E-state index contributed by atoms with van der Waals surface area (Å²) in [6, 6.07) is 12.2. The monoisotopic (exact) mass is 496 g/mol. The lowest BCUT2D eigenvalue weighted by Gasteiger charge is -2.34. The van der Waals surface area contributed by atoms with Crippen LogP contribution in [0.3, 0.4) is 0 Å². The number of benzene rings is 2. The maximum absolute atomic E-state index is 13.4. The standard InChI is InChI=1S/C21H22BrClN2O3S/c1-14-11-16-12-17(22)4-9-20(16)25(14)21(26)15-3-2-10-24(13-15)29(27,28)19-7-5-18(23)6-8-19/h4-9,12,14-15H,2-3,10-11,13H2,1H3. The summed E-state index contributed by atoms with van der Waals surface area (Å²) in [7, 11) is -3.65. The molecule has 0 N–H and O–H groups in total. The SMILES string of the molecule is CC1Cc2cc(Br)ccc2N1C(=O)C1CCCN(S(=O)(=O)c2ccc(Cl)cc2)C1. The minimum atomic E-state index is -3.65. The molecule has 2 aliphatic rings. The molecule has 2 heterocycles. The van der Waals surface area contributed by atoms with Crippen LogP contribution in [-0.4, -0.2) is 37.8 Å². The first-order chi connectivity index (χ1) is 13.8. The maximum Gasteiger partial charge on any atom is 0.243 e. The van der Waals surface area contributed by atoms with Crippen LogP contribution in [0.4, 0.5) is 5.69 Å². The maximum atomic E-state index is 13.4. The predicted molar refractivity (Wildman–Crippen MR) is 118 cm³/mol. The highest BCUT2D eigenvalue weighted by molar-refractivity contribution is 9.10. The molecule has 1 fully saturated rings. The first-order valence-electron chi connectivity index (χ1n) is 9.64. The summed E-state index contributed by atoms with van der Waals surface area (Å²) in [6.07, 6.45) is 2.17. The minimum Gasteiger partial charge on any atom is -0.309 e. The van der Waals surface area contributed by atoms with E-state index in [4.69, 9.17) is 11.6 Å². The first-order valence-corrected chi connectivity index (χ1v) is 12.3. The average Bonchev–Trinajstić information content (AvgIpc) is 3.02. The number of rotatable bonds is 3. The van der Waals surface area contributed by atoms with Gasteiger partial charge in [0.1, 0.15) is 0 Å². The molecule has 2 aliphatic heterocycles. The largest absolute Gasteiger partial charge is 0.309 e. The van der Waals surface area contributed by atoms with Crippen molar-refractivity contribution in [3.8, 4) is 0 Å². The number of carbonyl (C=O) groups is 1. The van der Waals surface area contributed by atoms with E-state index in [0.717, 1.165) is 22.1 Å². The van der Waals surface area contributed by atoms with Gasteiger partial charge in [-0.25, -0.2) is 8.42 Å². The number of fused-ring (bicyclic) bond motifs is 1. The van der Waals surface area contributed by atoms with E-state index in [-0.39, 0.29) is 29.3 Å². The van der Waals surface area contributed by atoms with Crippen molar-refractivity contribution in [1.82, 2.24) is 4.31 Å². The van der Waals surface area contributed by atoms with Gasteiger partial charge in [0.25, 0.3) is 0 Å². The molecule has 2 atom stereocenters. The molecule has 2 unspecified atom stereocenters.